The minimum Gasteiger partial charge on any atom is -0.0984 e. The molecule has 0 aliphatic heterocycles. The molecule has 0 amide bonds. The molecule has 41 heavy (non-hydrogen) atoms. The van der Waals surface area contributed by atoms with Gasteiger partial charge >= 0.3 is 0 Å². The summed E-state index contributed by atoms with van der Waals surface area (Å²) in [5.74, 6) is 0. The number of hydrogen-bond acceptors (Lipinski definition) is 0. The van der Waals surface area contributed by atoms with Crippen molar-refractivity contribution in [3.8, 4) is 22.3 Å². The van der Waals surface area contributed by atoms with E-state index in [0.29, 0.717) is 0 Å². The number of benzene rings is 7. The molecule has 7 rings (SSSR count). The first-order valence-electron chi connectivity index (χ1n) is 14.5. The Balaban J connectivity index is 0.00000148. The summed E-state index contributed by atoms with van der Waals surface area (Å²) in [6.45, 7) is 10.3. The normalized spacial score (nSPS) is 11.3. The molecule has 0 fully saturated rings. The van der Waals surface area contributed by atoms with Gasteiger partial charge in [0.25, 0.3) is 0 Å². The fourth-order valence-corrected chi connectivity index (χ4v) is 6.14. The van der Waals surface area contributed by atoms with Gasteiger partial charge in [-0.2, -0.15) is 0 Å². The van der Waals surface area contributed by atoms with E-state index in [1.54, 1.807) is 0 Å². The fraction of sp³-hybridized carbons (Fsp3) is 0.0732. The summed E-state index contributed by atoms with van der Waals surface area (Å²) in [6, 6.07) is 44.2. The lowest BCUT2D eigenvalue weighted by molar-refractivity contribution is 1.50. The Bertz CT molecular complexity index is 2070. The van der Waals surface area contributed by atoms with Gasteiger partial charge in [0, 0.05) is 0 Å². The summed E-state index contributed by atoms with van der Waals surface area (Å²) in [6.07, 6.45) is 6.36. The molecule has 7 aromatic carbocycles. The molecule has 198 valence electrons. The maximum Gasteiger partial charge on any atom is -0.00266 e. The lowest BCUT2D eigenvalue weighted by Gasteiger charge is -2.17. The van der Waals surface area contributed by atoms with Crippen LogP contribution >= 0.6 is 0 Å². The fourth-order valence-electron chi connectivity index (χ4n) is 6.14. The number of rotatable bonds is 4. The van der Waals surface area contributed by atoms with Crippen molar-refractivity contribution in [2.24, 2.45) is 0 Å². The molecule has 0 N–H and O–H groups in total. The van der Waals surface area contributed by atoms with Crippen molar-refractivity contribution >= 4 is 55.2 Å². The highest BCUT2D eigenvalue weighted by Gasteiger charge is 2.14. The van der Waals surface area contributed by atoms with Crippen LogP contribution in [-0.2, 0) is 0 Å². The third-order valence-electron chi connectivity index (χ3n) is 7.92. The van der Waals surface area contributed by atoms with Crippen LogP contribution in [0.1, 0.15) is 31.9 Å². The Kier molecular flexibility index (Phi) is 7.23. The molecule has 0 unspecified atom stereocenters. The van der Waals surface area contributed by atoms with Crippen LogP contribution in [0.25, 0.3) is 77.5 Å². The minimum absolute atomic E-state index is 1.18. The Hall–Kier alpha value is -4.94. The van der Waals surface area contributed by atoms with Crippen molar-refractivity contribution in [2.45, 2.75) is 20.8 Å². The summed E-state index contributed by atoms with van der Waals surface area (Å²) >= 11 is 0. The van der Waals surface area contributed by atoms with Crippen LogP contribution in [0.5, 0.6) is 0 Å². The molecule has 0 heteroatoms. The van der Waals surface area contributed by atoms with E-state index in [9.17, 15) is 0 Å². The Labute approximate surface area is 242 Å². The van der Waals surface area contributed by atoms with E-state index in [0.717, 1.165) is 0 Å². The SMILES string of the molecule is C=Cc1c(/C=C\C)c(-c2ccc(-c3cc4ccccc4c4ccccc34)cc2)cc2ccc3ccccc3c12.CC. The van der Waals surface area contributed by atoms with Gasteiger partial charge in [-0.15, -0.1) is 0 Å². The molecule has 0 radical (unpaired) electrons. The van der Waals surface area contributed by atoms with Crippen LogP contribution in [0.15, 0.2) is 134 Å². The largest absolute Gasteiger partial charge is 0.0984 e. The highest BCUT2D eigenvalue weighted by molar-refractivity contribution is 6.15. The number of fused-ring (bicyclic) bond motifs is 6. The lowest BCUT2D eigenvalue weighted by atomic mass is 9.87. The third-order valence-corrected chi connectivity index (χ3v) is 7.92. The predicted molar refractivity (Wildman–Crippen MR) is 183 cm³/mol. The van der Waals surface area contributed by atoms with Crippen molar-refractivity contribution in [1.82, 2.24) is 0 Å². The second-order valence-corrected chi connectivity index (χ2v) is 10.1. The highest BCUT2D eigenvalue weighted by atomic mass is 14.2. The Morgan fingerprint density at radius 3 is 1.71 bits per heavy atom. The van der Waals surface area contributed by atoms with E-state index in [-0.39, 0.29) is 0 Å². The van der Waals surface area contributed by atoms with Gasteiger partial charge in [-0.3, -0.25) is 0 Å². The molecule has 0 spiro atoms. The first-order valence-corrected chi connectivity index (χ1v) is 14.5. The van der Waals surface area contributed by atoms with Crippen molar-refractivity contribution in [1.29, 1.82) is 0 Å². The van der Waals surface area contributed by atoms with E-state index >= 15 is 0 Å². The zero-order valence-electron chi connectivity index (χ0n) is 24.0. The van der Waals surface area contributed by atoms with Crippen molar-refractivity contribution in [3.63, 3.8) is 0 Å². The summed E-state index contributed by atoms with van der Waals surface area (Å²) in [5, 5.41) is 10.1. The monoisotopic (exact) mass is 526 g/mol. The average Bonchev–Trinajstić information content (AvgIpc) is 3.05. The maximum atomic E-state index is 4.24. The summed E-state index contributed by atoms with van der Waals surface area (Å²) in [4.78, 5) is 0. The van der Waals surface area contributed by atoms with Crippen molar-refractivity contribution in [3.05, 3.63) is 145 Å². The molecule has 0 nitrogen and oxygen atoms in total. The molecule has 0 saturated carbocycles. The first kappa shape index (κ1) is 26.3. The van der Waals surface area contributed by atoms with Gasteiger partial charge in [0.1, 0.15) is 0 Å². The molecule has 7 aromatic rings. The van der Waals surface area contributed by atoms with Crippen LogP contribution in [0.3, 0.4) is 0 Å². The van der Waals surface area contributed by atoms with Crippen molar-refractivity contribution < 1.29 is 0 Å². The Morgan fingerprint density at radius 2 is 1.02 bits per heavy atom. The van der Waals surface area contributed by atoms with E-state index in [1.807, 2.05) is 19.9 Å². The zero-order chi connectivity index (χ0) is 28.3. The molecular formula is C41H34. The lowest BCUT2D eigenvalue weighted by Crippen LogP contribution is -1.92. The van der Waals surface area contributed by atoms with E-state index in [1.165, 1.54) is 76.5 Å². The van der Waals surface area contributed by atoms with Gasteiger partial charge in [-0.1, -0.05) is 148 Å². The summed E-state index contributed by atoms with van der Waals surface area (Å²) < 4.78 is 0. The third kappa shape index (κ3) is 4.52. The van der Waals surface area contributed by atoms with Gasteiger partial charge in [-0.05, 0) is 95.5 Å². The van der Waals surface area contributed by atoms with Crippen LogP contribution in [-0.4, -0.2) is 0 Å². The number of hydrogen-bond donors (Lipinski definition) is 0. The molecule has 0 bridgehead atoms. The molecule has 0 aromatic heterocycles. The number of allylic oxidation sites excluding steroid dienone is 1. The van der Waals surface area contributed by atoms with Gasteiger partial charge in [0.2, 0.25) is 0 Å². The van der Waals surface area contributed by atoms with Gasteiger partial charge in [-0.25, -0.2) is 0 Å². The molecule has 0 saturated heterocycles. The Morgan fingerprint density at radius 1 is 0.488 bits per heavy atom. The van der Waals surface area contributed by atoms with E-state index in [4.69, 9.17) is 0 Å². The smallest absolute Gasteiger partial charge is 0.00266 e. The first-order chi connectivity index (χ1) is 20.3. The van der Waals surface area contributed by atoms with Crippen LogP contribution < -0.4 is 0 Å². The quantitative estimate of drug-likeness (QED) is 0.200. The molecule has 0 heterocycles. The zero-order valence-corrected chi connectivity index (χ0v) is 24.0. The topological polar surface area (TPSA) is 0 Å². The standard InChI is InChI=1S/C39H28.C2H6/c1-3-11-34-31(4-2)39-30(23-22-26-12-5-8-15-33(26)39)25-38(34)28-20-18-27(19-21-28)37-24-29-13-6-7-14-32(29)35-16-9-10-17-36(35)37;1-2/h3-25H,2H2,1H3;1-2H3/b11-3-;. The van der Waals surface area contributed by atoms with Crippen LogP contribution in [0.2, 0.25) is 0 Å². The highest BCUT2D eigenvalue weighted by Crippen LogP contribution is 2.40. The summed E-state index contributed by atoms with van der Waals surface area (Å²) in [7, 11) is 0. The average molecular weight is 527 g/mol. The van der Waals surface area contributed by atoms with Crippen LogP contribution in [0, 0.1) is 0 Å². The molecule has 0 aliphatic rings. The van der Waals surface area contributed by atoms with Crippen LogP contribution in [0.4, 0.5) is 0 Å². The second kappa shape index (κ2) is 11.3. The molecule has 0 aliphatic carbocycles. The maximum absolute atomic E-state index is 4.24. The van der Waals surface area contributed by atoms with Gasteiger partial charge in [0.05, 0.1) is 0 Å². The van der Waals surface area contributed by atoms with Crippen molar-refractivity contribution in [2.75, 3.05) is 0 Å². The second-order valence-electron chi connectivity index (χ2n) is 10.1. The van der Waals surface area contributed by atoms with Gasteiger partial charge in [0.15, 0.2) is 0 Å². The molecular weight excluding hydrogens is 492 g/mol. The minimum atomic E-state index is 1.18. The van der Waals surface area contributed by atoms with Gasteiger partial charge < -0.3 is 0 Å². The summed E-state index contributed by atoms with van der Waals surface area (Å²) in [5.41, 5.74) is 7.31. The molecule has 0 atom stereocenters. The van der Waals surface area contributed by atoms with E-state index < -0.39 is 0 Å². The van der Waals surface area contributed by atoms with E-state index in [2.05, 4.69) is 147 Å². The predicted octanol–water partition coefficient (Wildman–Crippen LogP) is 12.3.